The van der Waals surface area contributed by atoms with Gasteiger partial charge in [-0.25, -0.2) is 0 Å². The van der Waals surface area contributed by atoms with Gasteiger partial charge in [0.1, 0.15) is 11.5 Å². The predicted molar refractivity (Wildman–Crippen MR) is 41.9 cm³/mol. The lowest BCUT2D eigenvalue weighted by molar-refractivity contribution is 0.409. The average molecular weight is 156 g/mol. The zero-order valence-corrected chi connectivity index (χ0v) is 6.43. The van der Waals surface area contributed by atoms with E-state index in [4.69, 9.17) is 9.84 Å². The van der Waals surface area contributed by atoms with Crippen LogP contribution in [-0.4, -0.2) is 12.2 Å². The van der Waals surface area contributed by atoms with Gasteiger partial charge in [0.25, 0.3) is 0 Å². The van der Waals surface area contributed by atoms with Gasteiger partial charge in [0, 0.05) is 4.90 Å². The maximum atomic E-state index is 9.01. The van der Waals surface area contributed by atoms with Gasteiger partial charge in [-0.15, -0.1) is 12.6 Å². The summed E-state index contributed by atoms with van der Waals surface area (Å²) >= 11 is 3.99. The quantitative estimate of drug-likeness (QED) is 0.606. The van der Waals surface area contributed by atoms with Crippen LogP contribution < -0.4 is 4.74 Å². The molecule has 0 unspecified atom stereocenters. The molecule has 1 rings (SSSR count). The van der Waals surface area contributed by atoms with Gasteiger partial charge < -0.3 is 9.84 Å². The summed E-state index contributed by atoms with van der Waals surface area (Å²) in [6.45, 7) is 0. The standard InChI is InChI=1S/C7H8O2S/c1-9-5-2-3-6(8)7(10)4-5/h2-4,8,10H,1H3. The number of methoxy groups -OCH3 is 1. The van der Waals surface area contributed by atoms with E-state index in [2.05, 4.69) is 12.6 Å². The molecular formula is C7H8O2S. The van der Waals surface area contributed by atoms with Gasteiger partial charge in [0.2, 0.25) is 0 Å². The van der Waals surface area contributed by atoms with Crippen LogP contribution in [0.5, 0.6) is 11.5 Å². The minimum absolute atomic E-state index is 0.170. The highest BCUT2D eigenvalue weighted by atomic mass is 32.1. The second-order valence-electron chi connectivity index (χ2n) is 1.85. The molecule has 0 saturated carbocycles. The average Bonchev–Trinajstić information content (AvgIpc) is 1.95. The van der Waals surface area contributed by atoms with Crippen LogP contribution in [0.15, 0.2) is 23.1 Å². The lowest BCUT2D eigenvalue weighted by Crippen LogP contribution is -1.81. The SMILES string of the molecule is COc1ccc(O)c(S)c1. The minimum Gasteiger partial charge on any atom is -0.507 e. The first kappa shape index (κ1) is 7.28. The van der Waals surface area contributed by atoms with E-state index in [9.17, 15) is 0 Å². The van der Waals surface area contributed by atoms with Crippen molar-refractivity contribution in [2.24, 2.45) is 0 Å². The maximum Gasteiger partial charge on any atom is 0.129 e. The van der Waals surface area contributed by atoms with Gasteiger partial charge in [-0.05, 0) is 18.2 Å². The third-order valence-corrected chi connectivity index (χ3v) is 1.54. The zero-order chi connectivity index (χ0) is 7.56. The molecule has 0 fully saturated rings. The van der Waals surface area contributed by atoms with Gasteiger partial charge in [-0.2, -0.15) is 0 Å². The van der Waals surface area contributed by atoms with Crippen molar-refractivity contribution in [2.45, 2.75) is 4.90 Å². The van der Waals surface area contributed by atoms with Gasteiger partial charge >= 0.3 is 0 Å². The van der Waals surface area contributed by atoms with Crippen LogP contribution in [0.25, 0.3) is 0 Å². The van der Waals surface area contributed by atoms with Crippen molar-refractivity contribution in [1.82, 2.24) is 0 Å². The second-order valence-corrected chi connectivity index (χ2v) is 2.34. The van der Waals surface area contributed by atoms with Crippen molar-refractivity contribution in [3.05, 3.63) is 18.2 Å². The summed E-state index contributed by atoms with van der Waals surface area (Å²) in [5.74, 6) is 0.868. The molecule has 0 bridgehead atoms. The van der Waals surface area contributed by atoms with E-state index in [-0.39, 0.29) is 5.75 Å². The van der Waals surface area contributed by atoms with Gasteiger partial charge in [0.05, 0.1) is 7.11 Å². The number of phenols is 1. The Bertz CT molecular complexity index is 235. The van der Waals surface area contributed by atoms with E-state index < -0.39 is 0 Å². The van der Waals surface area contributed by atoms with Crippen molar-refractivity contribution < 1.29 is 9.84 Å². The molecule has 3 heteroatoms. The molecule has 54 valence electrons. The Labute approximate surface area is 64.9 Å². The molecule has 10 heavy (non-hydrogen) atoms. The van der Waals surface area contributed by atoms with E-state index in [0.717, 1.165) is 0 Å². The fourth-order valence-electron chi connectivity index (χ4n) is 0.630. The molecule has 1 aromatic rings. The van der Waals surface area contributed by atoms with E-state index in [0.29, 0.717) is 10.6 Å². The van der Waals surface area contributed by atoms with Crippen molar-refractivity contribution in [2.75, 3.05) is 7.11 Å². The van der Waals surface area contributed by atoms with E-state index in [1.165, 1.54) is 0 Å². The second kappa shape index (κ2) is 2.84. The van der Waals surface area contributed by atoms with Crippen LogP contribution in [-0.2, 0) is 0 Å². The lowest BCUT2D eigenvalue weighted by Gasteiger charge is -2.00. The zero-order valence-electron chi connectivity index (χ0n) is 5.53. The van der Waals surface area contributed by atoms with Crippen molar-refractivity contribution in [3.63, 3.8) is 0 Å². The molecule has 0 spiro atoms. The normalized spacial score (nSPS) is 9.40. The molecule has 0 atom stereocenters. The molecule has 0 radical (unpaired) electrons. The topological polar surface area (TPSA) is 29.5 Å². The number of hydrogen-bond donors (Lipinski definition) is 2. The van der Waals surface area contributed by atoms with Crippen molar-refractivity contribution >= 4 is 12.6 Å². The van der Waals surface area contributed by atoms with E-state index in [1.54, 1.807) is 25.3 Å². The Morgan fingerprint density at radius 3 is 2.70 bits per heavy atom. The number of phenolic OH excluding ortho intramolecular Hbond substituents is 1. The fourth-order valence-corrected chi connectivity index (χ4v) is 0.832. The molecule has 1 N–H and O–H groups in total. The predicted octanol–water partition coefficient (Wildman–Crippen LogP) is 1.69. The van der Waals surface area contributed by atoms with Gasteiger partial charge in [-0.3, -0.25) is 0 Å². The van der Waals surface area contributed by atoms with E-state index in [1.807, 2.05) is 0 Å². The molecule has 0 saturated heterocycles. The highest BCUT2D eigenvalue weighted by Gasteiger charge is 1.96. The maximum absolute atomic E-state index is 9.01. The van der Waals surface area contributed by atoms with Crippen LogP contribution in [0.2, 0.25) is 0 Å². The summed E-state index contributed by atoms with van der Waals surface area (Å²) in [4.78, 5) is 0.527. The fraction of sp³-hybridized carbons (Fsp3) is 0.143. The Kier molecular flexibility index (Phi) is 2.06. The number of rotatable bonds is 1. The molecule has 0 amide bonds. The Hall–Kier alpha value is -0.830. The summed E-state index contributed by atoms with van der Waals surface area (Å²) in [5.41, 5.74) is 0. The largest absolute Gasteiger partial charge is 0.507 e. The first-order chi connectivity index (χ1) is 4.74. The molecular weight excluding hydrogens is 148 g/mol. The third kappa shape index (κ3) is 1.36. The molecule has 0 aliphatic carbocycles. The van der Waals surface area contributed by atoms with Crippen LogP contribution in [0.4, 0.5) is 0 Å². The number of ether oxygens (including phenoxy) is 1. The van der Waals surface area contributed by atoms with Crippen LogP contribution >= 0.6 is 12.6 Å². The van der Waals surface area contributed by atoms with Gasteiger partial charge in [-0.1, -0.05) is 0 Å². The highest BCUT2D eigenvalue weighted by Crippen LogP contribution is 2.25. The summed E-state index contributed by atoms with van der Waals surface area (Å²) in [6.07, 6.45) is 0. The summed E-state index contributed by atoms with van der Waals surface area (Å²) in [6, 6.07) is 4.87. The smallest absolute Gasteiger partial charge is 0.129 e. The van der Waals surface area contributed by atoms with Gasteiger partial charge in [0.15, 0.2) is 0 Å². The van der Waals surface area contributed by atoms with Crippen LogP contribution in [0, 0.1) is 0 Å². The molecule has 0 heterocycles. The van der Waals surface area contributed by atoms with E-state index >= 15 is 0 Å². The molecule has 0 aliphatic rings. The Balaban J connectivity index is 3.04. The Morgan fingerprint density at radius 2 is 2.20 bits per heavy atom. The third-order valence-electron chi connectivity index (χ3n) is 1.18. The molecule has 0 aromatic heterocycles. The summed E-state index contributed by atoms with van der Waals surface area (Å²) in [7, 11) is 1.57. The molecule has 0 aliphatic heterocycles. The first-order valence-corrected chi connectivity index (χ1v) is 3.24. The summed E-state index contributed by atoms with van der Waals surface area (Å²) < 4.78 is 4.89. The highest BCUT2D eigenvalue weighted by molar-refractivity contribution is 7.80. The molecule has 1 aromatic carbocycles. The van der Waals surface area contributed by atoms with Crippen LogP contribution in [0.3, 0.4) is 0 Å². The number of benzene rings is 1. The number of hydrogen-bond acceptors (Lipinski definition) is 3. The molecule has 2 nitrogen and oxygen atoms in total. The van der Waals surface area contributed by atoms with Crippen LogP contribution in [0.1, 0.15) is 0 Å². The Morgan fingerprint density at radius 1 is 1.50 bits per heavy atom. The first-order valence-electron chi connectivity index (χ1n) is 2.80. The number of thiol groups is 1. The minimum atomic E-state index is 0.170. The lowest BCUT2D eigenvalue weighted by atomic mass is 10.3. The van der Waals surface area contributed by atoms with Crippen molar-refractivity contribution in [3.8, 4) is 11.5 Å². The number of aromatic hydroxyl groups is 1. The monoisotopic (exact) mass is 156 g/mol. The van der Waals surface area contributed by atoms with Crippen molar-refractivity contribution in [1.29, 1.82) is 0 Å². The summed E-state index contributed by atoms with van der Waals surface area (Å²) in [5, 5.41) is 9.01.